The molecule has 0 N–H and O–H groups in total. The number of hydrogen-bond acceptors (Lipinski definition) is 1. The molecule has 80 valence electrons. The Bertz CT molecular complexity index is 548. The highest BCUT2D eigenvalue weighted by Gasteiger charge is 2.23. The number of hydrogen-bond donors (Lipinski definition) is 0. The van der Waals surface area contributed by atoms with Crippen molar-refractivity contribution >= 4 is 11.6 Å². The fourth-order valence-corrected chi connectivity index (χ4v) is 2.35. The van der Waals surface area contributed by atoms with Crippen molar-refractivity contribution in [2.75, 3.05) is 0 Å². The molecule has 2 aromatic carbocycles. The molecule has 1 atom stereocenters. The van der Waals surface area contributed by atoms with Crippen LogP contribution in [-0.4, -0.2) is 0 Å². The maximum absolute atomic E-state index is 6.01. The van der Waals surface area contributed by atoms with Gasteiger partial charge in [-0.05, 0) is 24.3 Å². The van der Waals surface area contributed by atoms with Crippen LogP contribution < -0.4 is 4.74 Å². The van der Waals surface area contributed by atoms with Crippen LogP contribution in [0, 0.1) is 0 Å². The van der Waals surface area contributed by atoms with E-state index in [1.165, 1.54) is 5.56 Å². The van der Waals surface area contributed by atoms with Gasteiger partial charge >= 0.3 is 0 Å². The third-order valence-corrected chi connectivity index (χ3v) is 3.28. The predicted molar refractivity (Wildman–Crippen MR) is 65.5 cm³/mol. The van der Waals surface area contributed by atoms with Gasteiger partial charge in [-0.2, -0.15) is 0 Å². The van der Waals surface area contributed by atoms with Gasteiger partial charge in [0.25, 0.3) is 0 Å². The second-order valence-corrected chi connectivity index (χ2v) is 4.48. The lowest BCUT2D eigenvalue weighted by atomic mass is 9.90. The molecular formula is C14H11ClO. The summed E-state index contributed by atoms with van der Waals surface area (Å²) < 4.78 is 5.84. The van der Waals surface area contributed by atoms with E-state index in [9.17, 15) is 0 Å². The smallest absolute Gasteiger partial charge is 0.131 e. The van der Waals surface area contributed by atoms with Crippen LogP contribution in [0.4, 0.5) is 0 Å². The first-order chi connectivity index (χ1) is 7.75. The number of halogens is 1. The van der Waals surface area contributed by atoms with E-state index in [4.69, 9.17) is 16.3 Å². The Labute approximate surface area is 99.6 Å². The van der Waals surface area contributed by atoms with E-state index in [0.29, 0.717) is 5.92 Å². The van der Waals surface area contributed by atoms with Crippen molar-refractivity contribution in [2.45, 2.75) is 12.8 Å². The van der Waals surface area contributed by atoms with Crippen LogP contribution in [0.1, 0.15) is 24.0 Å². The summed E-state index contributed by atoms with van der Waals surface area (Å²) >= 11 is 6.01. The average molecular weight is 231 g/mol. The Balaban J connectivity index is 2.19. The van der Waals surface area contributed by atoms with Crippen molar-refractivity contribution in [1.82, 2.24) is 0 Å². The van der Waals surface area contributed by atoms with Gasteiger partial charge in [0, 0.05) is 22.1 Å². The molecule has 3 rings (SSSR count). The molecule has 0 bridgehead atoms. The van der Waals surface area contributed by atoms with E-state index in [2.05, 4.69) is 13.0 Å². The monoisotopic (exact) mass is 230 g/mol. The highest BCUT2D eigenvalue weighted by molar-refractivity contribution is 6.30. The molecule has 1 aliphatic rings. The molecule has 2 heteroatoms. The third kappa shape index (κ3) is 1.40. The van der Waals surface area contributed by atoms with Crippen LogP contribution in [0.25, 0.3) is 0 Å². The number of benzene rings is 2. The SMILES string of the molecule is CC1c2ccccc2Oc2ccc(Cl)cc21. The molecule has 0 saturated heterocycles. The predicted octanol–water partition coefficient (Wildman–Crippen LogP) is 4.60. The van der Waals surface area contributed by atoms with E-state index in [1.807, 2.05) is 36.4 Å². The van der Waals surface area contributed by atoms with Gasteiger partial charge in [0.2, 0.25) is 0 Å². The summed E-state index contributed by atoms with van der Waals surface area (Å²) in [4.78, 5) is 0. The maximum Gasteiger partial charge on any atom is 0.131 e. The highest BCUT2D eigenvalue weighted by Crippen LogP contribution is 2.44. The molecule has 16 heavy (non-hydrogen) atoms. The molecule has 0 radical (unpaired) electrons. The minimum atomic E-state index is 0.332. The van der Waals surface area contributed by atoms with Crippen LogP contribution in [0.3, 0.4) is 0 Å². The van der Waals surface area contributed by atoms with Gasteiger partial charge in [-0.1, -0.05) is 36.7 Å². The van der Waals surface area contributed by atoms with Gasteiger partial charge in [-0.25, -0.2) is 0 Å². The Morgan fingerprint density at radius 2 is 1.75 bits per heavy atom. The molecule has 1 aliphatic heterocycles. The second kappa shape index (κ2) is 3.53. The molecule has 0 spiro atoms. The molecule has 0 saturated carbocycles. The molecule has 1 unspecified atom stereocenters. The summed E-state index contributed by atoms with van der Waals surface area (Å²) in [5.41, 5.74) is 2.38. The molecule has 0 aromatic heterocycles. The topological polar surface area (TPSA) is 9.23 Å². The zero-order valence-corrected chi connectivity index (χ0v) is 9.66. The Hall–Kier alpha value is -1.47. The molecule has 1 nitrogen and oxygen atoms in total. The van der Waals surface area contributed by atoms with Gasteiger partial charge in [-0.3, -0.25) is 0 Å². The summed E-state index contributed by atoms with van der Waals surface area (Å²) in [6.45, 7) is 2.18. The van der Waals surface area contributed by atoms with Crippen LogP contribution in [0.2, 0.25) is 5.02 Å². The van der Waals surface area contributed by atoms with E-state index in [-0.39, 0.29) is 0 Å². The first-order valence-electron chi connectivity index (χ1n) is 5.32. The van der Waals surface area contributed by atoms with Gasteiger partial charge in [0.15, 0.2) is 0 Å². The lowest BCUT2D eigenvalue weighted by molar-refractivity contribution is 0.450. The molecule has 0 aliphatic carbocycles. The van der Waals surface area contributed by atoms with Crippen molar-refractivity contribution in [3.05, 3.63) is 58.6 Å². The average Bonchev–Trinajstić information content (AvgIpc) is 2.31. The molecular weight excluding hydrogens is 220 g/mol. The van der Waals surface area contributed by atoms with Gasteiger partial charge in [0.1, 0.15) is 11.5 Å². The fraction of sp³-hybridized carbons (Fsp3) is 0.143. The zero-order chi connectivity index (χ0) is 11.1. The Morgan fingerprint density at radius 1 is 1.00 bits per heavy atom. The first-order valence-corrected chi connectivity index (χ1v) is 5.70. The van der Waals surface area contributed by atoms with Crippen molar-refractivity contribution in [3.8, 4) is 11.5 Å². The number of ether oxygens (including phenoxy) is 1. The van der Waals surface area contributed by atoms with Crippen molar-refractivity contribution in [3.63, 3.8) is 0 Å². The summed E-state index contributed by atoms with van der Waals surface area (Å²) in [5.74, 6) is 2.19. The highest BCUT2D eigenvalue weighted by atomic mass is 35.5. The lowest BCUT2D eigenvalue weighted by Gasteiger charge is -2.25. The standard InChI is InChI=1S/C14H11ClO/c1-9-11-4-2-3-5-13(11)16-14-7-6-10(15)8-12(9)14/h2-9H,1H3. The molecule has 0 amide bonds. The summed E-state index contributed by atoms with van der Waals surface area (Å²) in [5, 5.41) is 0.758. The largest absolute Gasteiger partial charge is 0.457 e. The van der Waals surface area contributed by atoms with Gasteiger partial charge < -0.3 is 4.74 Å². The van der Waals surface area contributed by atoms with E-state index in [0.717, 1.165) is 22.1 Å². The first kappa shape index (κ1) is 9.73. The Morgan fingerprint density at radius 3 is 2.62 bits per heavy atom. The molecule has 0 fully saturated rings. The van der Waals surface area contributed by atoms with E-state index in [1.54, 1.807) is 0 Å². The molecule has 1 heterocycles. The minimum Gasteiger partial charge on any atom is -0.457 e. The quantitative estimate of drug-likeness (QED) is 0.643. The maximum atomic E-state index is 6.01. The fourth-order valence-electron chi connectivity index (χ4n) is 2.17. The number of rotatable bonds is 0. The summed E-state index contributed by atoms with van der Waals surface area (Å²) in [6, 6.07) is 13.9. The normalized spacial score (nSPS) is 17.2. The zero-order valence-electron chi connectivity index (χ0n) is 8.91. The van der Waals surface area contributed by atoms with E-state index < -0.39 is 0 Å². The number of para-hydroxylation sites is 1. The van der Waals surface area contributed by atoms with Crippen molar-refractivity contribution in [2.24, 2.45) is 0 Å². The van der Waals surface area contributed by atoms with Crippen LogP contribution in [0.15, 0.2) is 42.5 Å². The number of fused-ring (bicyclic) bond motifs is 2. The second-order valence-electron chi connectivity index (χ2n) is 4.04. The lowest BCUT2D eigenvalue weighted by Crippen LogP contribution is -2.06. The van der Waals surface area contributed by atoms with Crippen LogP contribution in [0.5, 0.6) is 11.5 Å². The van der Waals surface area contributed by atoms with Crippen LogP contribution in [-0.2, 0) is 0 Å². The molecule has 2 aromatic rings. The third-order valence-electron chi connectivity index (χ3n) is 3.04. The summed E-state index contributed by atoms with van der Waals surface area (Å²) in [7, 11) is 0. The van der Waals surface area contributed by atoms with Crippen molar-refractivity contribution < 1.29 is 4.74 Å². The Kier molecular flexibility index (Phi) is 2.15. The van der Waals surface area contributed by atoms with Crippen LogP contribution >= 0.6 is 11.6 Å². The minimum absolute atomic E-state index is 0.332. The van der Waals surface area contributed by atoms with Gasteiger partial charge in [0.05, 0.1) is 0 Å². The van der Waals surface area contributed by atoms with E-state index >= 15 is 0 Å². The van der Waals surface area contributed by atoms with Gasteiger partial charge in [-0.15, -0.1) is 0 Å². The van der Waals surface area contributed by atoms with Crippen molar-refractivity contribution in [1.29, 1.82) is 0 Å². The summed E-state index contributed by atoms with van der Waals surface area (Å²) in [6.07, 6.45) is 0.